The maximum Gasteiger partial charge on any atom is 0.276 e. The number of nitrogens with zero attached hydrogens (tertiary/aromatic N) is 2. The Hall–Kier alpha value is -1.62. The van der Waals surface area contributed by atoms with E-state index in [1.807, 2.05) is 38.1 Å². The van der Waals surface area contributed by atoms with E-state index in [1.165, 1.54) is 0 Å². The van der Waals surface area contributed by atoms with E-state index in [4.69, 9.17) is 0 Å². The number of hydrogen-bond acceptors (Lipinski definition) is 2. The van der Waals surface area contributed by atoms with Crippen LogP contribution in [0.15, 0.2) is 34.8 Å². The number of hydrogen-bond donors (Lipinski definition) is 1. The van der Waals surface area contributed by atoms with Gasteiger partial charge in [-0.15, -0.1) is 0 Å². The lowest BCUT2D eigenvalue weighted by Gasteiger charge is -2.03. The van der Waals surface area contributed by atoms with Gasteiger partial charge in [0.05, 0.1) is 0 Å². The zero-order valence-electron chi connectivity index (χ0n) is 10.3. The van der Waals surface area contributed by atoms with Crippen LogP contribution in [-0.2, 0) is 6.54 Å². The van der Waals surface area contributed by atoms with Crippen molar-refractivity contribution in [2.24, 2.45) is 0 Å². The molecule has 0 saturated carbocycles. The number of benzene rings is 1. The molecule has 0 unspecified atom stereocenters. The molecule has 4 nitrogen and oxygen atoms in total. The highest BCUT2D eigenvalue weighted by atomic mass is 79.9. The summed E-state index contributed by atoms with van der Waals surface area (Å²) in [5.41, 5.74) is 2.17. The maximum atomic E-state index is 12.0. The number of halogens is 1. The summed E-state index contributed by atoms with van der Waals surface area (Å²) in [5.74, 6) is -0.191. The molecule has 0 radical (unpaired) electrons. The summed E-state index contributed by atoms with van der Waals surface area (Å²) >= 11 is 3.36. The molecular formula is C13H14BrN3O. The molecule has 18 heavy (non-hydrogen) atoms. The molecule has 1 aromatic carbocycles. The monoisotopic (exact) mass is 307 g/mol. The van der Waals surface area contributed by atoms with Crippen molar-refractivity contribution in [1.82, 2.24) is 9.78 Å². The largest absolute Gasteiger partial charge is 0.321 e. The quantitative estimate of drug-likeness (QED) is 0.946. The molecule has 2 rings (SSSR count). The van der Waals surface area contributed by atoms with E-state index in [0.717, 1.165) is 22.4 Å². The summed E-state index contributed by atoms with van der Waals surface area (Å²) < 4.78 is 2.73. The molecular weight excluding hydrogens is 294 g/mol. The van der Waals surface area contributed by atoms with Gasteiger partial charge in [0.1, 0.15) is 0 Å². The zero-order valence-corrected chi connectivity index (χ0v) is 11.9. The number of carbonyl (C=O) groups excluding carboxylic acids is 1. The van der Waals surface area contributed by atoms with Crippen LogP contribution in [0, 0.1) is 6.92 Å². The Bertz CT molecular complexity index is 577. The minimum Gasteiger partial charge on any atom is -0.321 e. The van der Waals surface area contributed by atoms with Crippen LogP contribution < -0.4 is 5.32 Å². The Labute approximate surface area is 114 Å². The van der Waals surface area contributed by atoms with Gasteiger partial charge in [0.25, 0.3) is 5.91 Å². The lowest BCUT2D eigenvalue weighted by molar-refractivity contribution is 0.102. The third-order valence-electron chi connectivity index (χ3n) is 2.60. The van der Waals surface area contributed by atoms with E-state index in [-0.39, 0.29) is 5.91 Å². The van der Waals surface area contributed by atoms with Gasteiger partial charge in [0.15, 0.2) is 5.69 Å². The molecule has 1 aromatic heterocycles. The summed E-state index contributed by atoms with van der Waals surface area (Å²) in [5, 5.41) is 7.06. The molecule has 1 amide bonds. The van der Waals surface area contributed by atoms with Crippen molar-refractivity contribution < 1.29 is 4.79 Å². The minimum absolute atomic E-state index is 0.191. The van der Waals surface area contributed by atoms with Crippen LogP contribution in [0.1, 0.15) is 23.1 Å². The van der Waals surface area contributed by atoms with Crippen LogP contribution in [0.4, 0.5) is 5.69 Å². The Kier molecular flexibility index (Phi) is 3.81. The molecule has 0 aliphatic heterocycles. The van der Waals surface area contributed by atoms with E-state index in [2.05, 4.69) is 26.3 Å². The molecule has 0 bridgehead atoms. The first-order valence-electron chi connectivity index (χ1n) is 5.71. The van der Waals surface area contributed by atoms with Crippen LogP contribution in [0.25, 0.3) is 0 Å². The lowest BCUT2D eigenvalue weighted by atomic mass is 10.3. The van der Waals surface area contributed by atoms with Gasteiger partial charge < -0.3 is 5.32 Å². The van der Waals surface area contributed by atoms with Gasteiger partial charge in [-0.3, -0.25) is 9.48 Å². The molecule has 1 N–H and O–H groups in total. The van der Waals surface area contributed by atoms with Crippen LogP contribution >= 0.6 is 15.9 Å². The molecule has 0 atom stereocenters. The SMILES string of the molecule is CCn1nc(C(=O)Nc2cccc(Br)c2)cc1C. The fourth-order valence-electron chi connectivity index (χ4n) is 1.70. The Morgan fingerprint density at radius 3 is 2.83 bits per heavy atom. The van der Waals surface area contributed by atoms with Crippen molar-refractivity contribution >= 4 is 27.5 Å². The predicted molar refractivity (Wildman–Crippen MR) is 74.7 cm³/mol. The number of amides is 1. The minimum atomic E-state index is -0.191. The van der Waals surface area contributed by atoms with Crippen LogP contribution in [0.2, 0.25) is 0 Å². The molecule has 2 aromatic rings. The Morgan fingerprint density at radius 2 is 2.22 bits per heavy atom. The second-order valence-corrected chi connectivity index (χ2v) is 4.87. The van der Waals surface area contributed by atoms with Crippen molar-refractivity contribution in [2.75, 3.05) is 5.32 Å². The lowest BCUT2D eigenvalue weighted by Crippen LogP contribution is -2.13. The molecule has 1 heterocycles. The van der Waals surface area contributed by atoms with E-state index in [0.29, 0.717) is 5.69 Å². The van der Waals surface area contributed by atoms with E-state index in [9.17, 15) is 4.79 Å². The third kappa shape index (κ3) is 2.79. The Morgan fingerprint density at radius 1 is 1.44 bits per heavy atom. The van der Waals surface area contributed by atoms with E-state index < -0.39 is 0 Å². The maximum absolute atomic E-state index is 12.0. The van der Waals surface area contributed by atoms with Gasteiger partial charge >= 0.3 is 0 Å². The van der Waals surface area contributed by atoms with Crippen LogP contribution in [0.5, 0.6) is 0 Å². The number of carbonyl (C=O) groups is 1. The van der Waals surface area contributed by atoms with Gasteiger partial charge in [-0.2, -0.15) is 5.10 Å². The zero-order chi connectivity index (χ0) is 13.1. The topological polar surface area (TPSA) is 46.9 Å². The molecule has 0 fully saturated rings. The van der Waals surface area contributed by atoms with Crippen molar-refractivity contribution in [3.63, 3.8) is 0 Å². The first kappa shape index (κ1) is 12.8. The second kappa shape index (κ2) is 5.35. The molecule has 94 valence electrons. The van der Waals surface area contributed by atoms with Gasteiger partial charge in [-0.05, 0) is 38.1 Å². The average molecular weight is 308 g/mol. The summed E-state index contributed by atoms with van der Waals surface area (Å²) in [4.78, 5) is 12.0. The Balaban J connectivity index is 2.16. The molecule has 0 aliphatic rings. The summed E-state index contributed by atoms with van der Waals surface area (Å²) in [6.07, 6.45) is 0. The number of aromatic nitrogens is 2. The molecule has 0 aliphatic carbocycles. The number of aryl methyl sites for hydroxylation is 2. The molecule has 5 heteroatoms. The van der Waals surface area contributed by atoms with E-state index >= 15 is 0 Å². The van der Waals surface area contributed by atoms with Crippen LogP contribution in [0.3, 0.4) is 0 Å². The third-order valence-corrected chi connectivity index (χ3v) is 3.09. The first-order valence-corrected chi connectivity index (χ1v) is 6.51. The van der Waals surface area contributed by atoms with Gasteiger partial charge in [-0.1, -0.05) is 22.0 Å². The fraction of sp³-hybridized carbons (Fsp3) is 0.231. The average Bonchev–Trinajstić information content (AvgIpc) is 2.70. The highest BCUT2D eigenvalue weighted by molar-refractivity contribution is 9.10. The highest BCUT2D eigenvalue weighted by Gasteiger charge is 2.11. The van der Waals surface area contributed by atoms with Crippen molar-refractivity contribution in [3.8, 4) is 0 Å². The van der Waals surface area contributed by atoms with Gasteiger partial charge in [0.2, 0.25) is 0 Å². The first-order chi connectivity index (χ1) is 8.60. The van der Waals surface area contributed by atoms with E-state index in [1.54, 1.807) is 10.7 Å². The standard InChI is InChI=1S/C13H14BrN3O/c1-3-17-9(2)7-12(16-17)13(18)15-11-6-4-5-10(14)8-11/h4-8H,3H2,1-2H3,(H,15,18). The van der Waals surface area contributed by atoms with Gasteiger partial charge in [0, 0.05) is 22.4 Å². The fourth-order valence-corrected chi connectivity index (χ4v) is 2.10. The van der Waals surface area contributed by atoms with Gasteiger partial charge in [-0.25, -0.2) is 0 Å². The summed E-state index contributed by atoms with van der Waals surface area (Å²) in [7, 11) is 0. The molecule has 0 saturated heterocycles. The second-order valence-electron chi connectivity index (χ2n) is 3.95. The van der Waals surface area contributed by atoms with Crippen LogP contribution in [-0.4, -0.2) is 15.7 Å². The number of anilines is 1. The van der Waals surface area contributed by atoms with Crippen molar-refractivity contribution in [3.05, 3.63) is 46.2 Å². The number of rotatable bonds is 3. The normalized spacial score (nSPS) is 10.4. The number of nitrogens with one attached hydrogen (secondary N) is 1. The van der Waals surface area contributed by atoms with Crippen molar-refractivity contribution in [2.45, 2.75) is 20.4 Å². The molecule has 0 spiro atoms. The summed E-state index contributed by atoms with van der Waals surface area (Å²) in [6, 6.07) is 9.26. The van der Waals surface area contributed by atoms with Crippen molar-refractivity contribution in [1.29, 1.82) is 0 Å². The predicted octanol–water partition coefficient (Wildman–Crippen LogP) is 3.23. The highest BCUT2D eigenvalue weighted by Crippen LogP contribution is 2.16. The summed E-state index contributed by atoms with van der Waals surface area (Å²) in [6.45, 7) is 4.69. The smallest absolute Gasteiger partial charge is 0.276 e.